The van der Waals surface area contributed by atoms with Gasteiger partial charge in [-0.25, -0.2) is 0 Å². The van der Waals surface area contributed by atoms with Crippen LogP contribution in [0.3, 0.4) is 0 Å². The summed E-state index contributed by atoms with van der Waals surface area (Å²) >= 11 is 0. The molecule has 0 aromatic carbocycles. The van der Waals surface area contributed by atoms with Gasteiger partial charge in [-0.05, 0) is 38.1 Å². The highest BCUT2D eigenvalue weighted by Crippen LogP contribution is 2.27. The summed E-state index contributed by atoms with van der Waals surface area (Å²) in [7, 11) is 4.24. The Kier molecular flexibility index (Phi) is 2.73. The molecule has 2 heteroatoms. The minimum absolute atomic E-state index is 0.553. The minimum Gasteiger partial charge on any atom is -0.384 e. The second-order valence-electron chi connectivity index (χ2n) is 4.23. The van der Waals surface area contributed by atoms with Crippen molar-refractivity contribution in [2.75, 3.05) is 20.6 Å². The van der Waals surface area contributed by atoms with Crippen molar-refractivity contribution in [1.29, 1.82) is 0 Å². The van der Waals surface area contributed by atoms with Crippen molar-refractivity contribution in [3.63, 3.8) is 0 Å². The number of fused-ring (bicyclic) bond motifs is 1. The fraction of sp³-hybridized carbons (Fsp3) is 0.500. The number of rotatable bonds is 3. The number of hydrogen-bond acceptors (Lipinski definition) is 2. The number of nitrogens with zero attached hydrogens (tertiary/aromatic N) is 1. The first-order valence-corrected chi connectivity index (χ1v) is 5.24. The molecule has 1 atom stereocenters. The van der Waals surface area contributed by atoms with Crippen molar-refractivity contribution in [2.24, 2.45) is 0 Å². The maximum absolute atomic E-state index is 3.43. The molecule has 76 valence electrons. The molecule has 2 aliphatic rings. The van der Waals surface area contributed by atoms with E-state index in [9.17, 15) is 0 Å². The van der Waals surface area contributed by atoms with E-state index in [0.717, 1.165) is 19.4 Å². The summed E-state index contributed by atoms with van der Waals surface area (Å²) in [5, 5.41) is 3.43. The minimum atomic E-state index is 0.553. The molecule has 1 unspecified atom stereocenters. The summed E-state index contributed by atoms with van der Waals surface area (Å²) in [6.07, 6.45) is 11.1. The molecule has 0 bridgehead atoms. The third-order valence-electron chi connectivity index (χ3n) is 2.82. The molecule has 2 nitrogen and oxygen atoms in total. The van der Waals surface area contributed by atoms with Crippen molar-refractivity contribution < 1.29 is 0 Å². The van der Waals surface area contributed by atoms with Gasteiger partial charge in [0, 0.05) is 12.7 Å². The van der Waals surface area contributed by atoms with Crippen LogP contribution in [0.25, 0.3) is 0 Å². The lowest BCUT2D eigenvalue weighted by molar-refractivity contribution is 0.414. The fourth-order valence-electron chi connectivity index (χ4n) is 1.96. The van der Waals surface area contributed by atoms with Crippen LogP contribution in [0, 0.1) is 0 Å². The van der Waals surface area contributed by atoms with E-state index in [1.807, 2.05) is 0 Å². The average molecular weight is 190 g/mol. The van der Waals surface area contributed by atoms with E-state index in [1.54, 1.807) is 0 Å². The maximum atomic E-state index is 3.43. The Morgan fingerprint density at radius 3 is 3.14 bits per heavy atom. The predicted octanol–water partition coefficient (Wildman–Crippen LogP) is 1.68. The Bertz CT molecular complexity index is 297. The summed E-state index contributed by atoms with van der Waals surface area (Å²) in [6.45, 7) is 1.13. The molecule has 1 N–H and O–H groups in total. The highest BCUT2D eigenvalue weighted by molar-refractivity contribution is 5.44. The summed E-state index contributed by atoms with van der Waals surface area (Å²) in [5.74, 6) is 0. The first-order chi connectivity index (χ1) is 6.77. The lowest BCUT2D eigenvalue weighted by Gasteiger charge is -2.17. The monoisotopic (exact) mass is 190 g/mol. The Morgan fingerprint density at radius 1 is 1.50 bits per heavy atom. The molecule has 0 fully saturated rings. The number of nitrogens with one attached hydrogen (secondary N) is 1. The Hall–Kier alpha value is -1.02. The van der Waals surface area contributed by atoms with E-state index in [-0.39, 0.29) is 0 Å². The third-order valence-corrected chi connectivity index (χ3v) is 2.82. The molecule has 1 aliphatic heterocycles. The molecule has 0 saturated carbocycles. The molecule has 0 amide bonds. The van der Waals surface area contributed by atoms with Gasteiger partial charge in [0.15, 0.2) is 0 Å². The van der Waals surface area contributed by atoms with Gasteiger partial charge in [0.2, 0.25) is 0 Å². The summed E-state index contributed by atoms with van der Waals surface area (Å²) in [6, 6.07) is 0.553. The van der Waals surface area contributed by atoms with Gasteiger partial charge in [0.25, 0.3) is 0 Å². The normalized spacial score (nSPS) is 24.4. The molecule has 0 aromatic heterocycles. The van der Waals surface area contributed by atoms with Gasteiger partial charge in [0.05, 0.1) is 6.04 Å². The maximum Gasteiger partial charge on any atom is 0.0546 e. The van der Waals surface area contributed by atoms with Gasteiger partial charge >= 0.3 is 0 Å². The molecule has 0 saturated heterocycles. The van der Waals surface area contributed by atoms with Crippen molar-refractivity contribution in [2.45, 2.75) is 18.9 Å². The molecule has 0 aromatic rings. The second-order valence-corrected chi connectivity index (χ2v) is 4.23. The molecule has 0 radical (unpaired) electrons. The topological polar surface area (TPSA) is 15.3 Å². The Morgan fingerprint density at radius 2 is 2.36 bits per heavy atom. The van der Waals surface area contributed by atoms with E-state index in [0.29, 0.717) is 6.04 Å². The first kappa shape index (κ1) is 9.53. The number of allylic oxidation sites excluding steroid dienone is 2. The lowest BCUT2D eigenvalue weighted by atomic mass is 9.94. The van der Waals surface area contributed by atoms with Crippen LogP contribution >= 0.6 is 0 Å². The van der Waals surface area contributed by atoms with E-state index in [1.165, 1.54) is 11.1 Å². The van der Waals surface area contributed by atoms with Crippen LogP contribution in [-0.2, 0) is 0 Å². The fourth-order valence-corrected chi connectivity index (χ4v) is 1.96. The molecule has 14 heavy (non-hydrogen) atoms. The first-order valence-electron chi connectivity index (χ1n) is 5.24. The standard InChI is InChI=1S/C12H18N2/c1-14(2)8-7-10-9-13-12-6-4-3-5-11(10)12/h3-5,9,12-13H,6-8H2,1-2H3. The Balaban J connectivity index is 1.99. The highest BCUT2D eigenvalue weighted by atomic mass is 15.0. The van der Waals surface area contributed by atoms with E-state index in [2.05, 4.69) is 48.7 Å². The molecule has 1 heterocycles. The smallest absolute Gasteiger partial charge is 0.0546 e. The predicted molar refractivity (Wildman–Crippen MR) is 60.0 cm³/mol. The quantitative estimate of drug-likeness (QED) is 0.728. The van der Waals surface area contributed by atoms with Crippen LogP contribution in [0.4, 0.5) is 0 Å². The zero-order valence-electron chi connectivity index (χ0n) is 8.96. The van der Waals surface area contributed by atoms with Gasteiger partial charge in [-0.3, -0.25) is 0 Å². The zero-order chi connectivity index (χ0) is 9.97. The van der Waals surface area contributed by atoms with Gasteiger partial charge in [0.1, 0.15) is 0 Å². The lowest BCUT2D eigenvalue weighted by Crippen LogP contribution is -2.21. The van der Waals surface area contributed by atoms with Crippen LogP contribution < -0.4 is 5.32 Å². The van der Waals surface area contributed by atoms with Crippen LogP contribution in [0.5, 0.6) is 0 Å². The van der Waals surface area contributed by atoms with Crippen molar-refractivity contribution in [1.82, 2.24) is 10.2 Å². The average Bonchev–Trinajstić information content (AvgIpc) is 2.58. The van der Waals surface area contributed by atoms with Gasteiger partial charge < -0.3 is 10.2 Å². The SMILES string of the molecule is CN(C)CCC1=CNC2CC=CC=C12. The molecular weight excluding hydrogens is 172 g/mol. The molecule has 1 aliphatic carbocycles. The molecule has 0 spiro atoms. The van der Waals surface area contributed by atoms with Crippen molar-refractivity contribution in [3.05, 3.63) is 35.6 Å². The van der Waals surface area contributed by atoms with Crippen molar-refractivity contribution >= 4 is 0 Å². The summed E-state index contributed by atoms with van der Waals surface area (Å²) in [5.41, 5.74) is 2.97. The molecular formula is C12H18N2. The summed E-state index contributed by atoms with van der Waals surface area (Å²) < 4.78 is 0. The zero-order valence-corrected chi connectivity index (χ0v) is 8.96. The van der Waals surface area contributed by atoms with E-state index in [4.69, 9.17) is 0 Å². The molecule has 2 rings (SSSR count). The van der Waals surface area contributed by atoms with Crippen LogP contribution in [0.15, 0.2) is 35.6 Å². The second kappa shape index (κ2) is 4.01. The van der Waals surface area contributed by atoms with Crippen LogP contribution in [-0.4, -0.2) is 31.6 Å². The summed E-state index contributed by atoms with van der Waals surface area (Å²) in [4.78, 5) is 2.23. The van der Waals surface area contributed by atoms with Crippen LogP contribution in [0.2, 0.25) is 0 Å². The van der Waals surface area contributed by atoms with Gasteiger partial charge in [-0.15, -0.1) is 0 Å². The van der Waals surface area contributed by atoms with Gasteiger partial charge in [-0.1, -0.05) is 18.2 Å². The highest BCUT2D eigenvalue weighted by Gasteiger charge is 2.22. The van der Waals surface area contributed by atoms with E-state index >= 15 is 0 Å². The third kappa shape index (κ3) is 1.90. The Labute approximate surface area is 86.0 Å². The van der Waals surface area contributed by atoms with Gasteiger partial charge in [-0.2, -0.15) is 0 Å². The van der Waals surface area contributed by atoms with Crippen LogP contribution in [0.1, 0.15) is 12.8 Å². The van der Waals surface area contributed by atoms with E-state index < -0.39 is 0 Å². The van der Waals surface area contributed by atoms with Crippen molar-refractivity contribution in [3.8, 4) is 0 Å². The largest absolute Gasteiger partial charge is 0.384 e. The number of hydrogen-bond donors (Lipinski definition) is 1.